The number of nitrogens with zero attached hydrogens (tertiary/aromatic N) is 4. The van der Waals surface area contributed by atoms with Crippen molar-refractivity contribution in [3.63, 3.8) is 0 Å². The fourth-order valence-electron chi connectivity index (χ4n) is 2.74. The average molecular weight is 322 g/mol. The molecule has 0 saturated carbocycles. The lowest BCUT2D eigenvalue weighted by atomic mass is 10.2. The number of urea groups is 1. The Balaban J connectivity index is 1.65. The summed E-state index contributed by atoms with van der Waals surface area (Å²) in [4.78, 5) is 25.6. The highest BCUT2D eigenvalue weighted by molar-refractivity contribution is 5.76. The molecule has 1 aromatic rings. The molecule has 1 aliphatic rings. The zero-order chi connectivity index (χ0) is 16.7. The summed E-state index contributed by atoms with van der Waals surface area (Å²) in [6, 6.07) is -0.447. The first-order valence-electron chi connectivity index (χ1n) is 8.24. The molecule has 1 atom stereocenters. The first kappa shape index (κ1) is 17.2. The Morgan fingerprint density at radius 2 is 2.22 bits per heavy atom. The van der Waals surface area contributed by atoms with Gasteiger partial charge in [-0.25, -0.2) is 4.79 Å². The largest absolute Gasteiger partial charge is 0.343 e. The van der Waals surface area contributed by atoms with Crippen LogP contribution in [0.1, 0.15) is 50.9 Å². The van der Waals surface area contributed by atoms with Crippen molar-refractivity contribution in [1.29, 1.82) is 0 Å². The van der Waals surface area contributed by atoms with Gasteiger partial charge in [-0.3, -0.25) is 4.79 Å². The van der Waals surface area contributed by atoms with E-state index in [4.69, 9.17) is 0 Å². The second-order valence-corrected chi connectivity index (χ2v) is 5.97. The summed E-state index contributed by atoms with van der Waals surface area (Å²) >= 11 is 0. The fraction of sp³-hybridized carbons (Fsp3) is 0.733. The molecule has 0 aromatic carbocycles. The van der Waals surface area contributed by atoms with E-state index in [0.29, 0.717) is 25.3 Å². The van der Waals surface area contributed by atoms with Crippen LogP contribution in [-0.4, -0.2) is 51.2 Å². The van der Waals surface area contributed by atoms with Crippen molar-refractivity contribution in [2.24, 2.45) is 7.05 Å². The van der Waals surface area contributed by atoms with Crippen LogP contribution in [0, 0.1) is 0 Å². The van der Waals surface area contributed by atoms with Crippen LogP contribution in [0.3, 0.4) is 0 Å². The first-order chi connectivity index (χ1) is 11.1. The number of hydrogen-bond donors (Lipinski definition) is 2. The molecular weight excluding hydrogens is 296 g/mol. The van der Waals surface area contributed by atoms with Gasteiger partial charge in [0.1, 0.15) is 6.33 Å². The Kier molecular flexibility index (Phi) is 6.37. The van der Waals surface area contributed by atoms with Crippen LogP contribution in [0.4, 0.5) is 4.79 Å². The Morgan fingerprint density at radius 1 is 1.39 bits per heavy atom. The van der Waals surface area contributed by atoms with E-state index >= 15 is 0 Å². The molecule has 1 fully saturated rings. The summed E-state index contributed by atoms with van der Waals surface area (Å²) in [6.45, 7) is 3.95. The number of hydrogen-bond acceptors (Lipinski definition) is 4. The lowest BCUT2D eigenvalue weighted by molar-refractivity contribution is -0.130. The molecule has 1 aliphatic heterocycles. The number of rotatable bonds is 6. The first-order valence-corrected chi connectivity index (χ1v) is 8.24. The number of carbonyl (C=O) groups excluding carboxylic acids is 2. The number of likely N-dealkylation sites (tertiary alicyclic amines) is 1. The van der Waals surface area contributed by atoms with E-state index in [-0.39, 0.29) is 18.0 Å². The van der Waals surface area contributed by atoms with Gasteiger partial charge in [-0.15, -0.1) is 10.2 Å². The van der Waals surface area contributed by atoms with Crippen molar-refractivity contribution in [3.05, 3.63) is 12.2 Å². The molecule has 0 unspecified atom stereocenters. The molecule has 1 saturated heterocycles. The number of aryl methyl sites for hydroxylation is 1. The molecule has 23 heavy (non-hydrogen) atoms. The monoisotopic (exact) mass is 322 g/mol. The number of aromatic nitrogens is 3. The SMILES string of the molecule is C[C@@H](NC(=O)NCCCN1CCCCCC1=O)c1nncn1C. The van der Waals surface area contributed by atoms with Crippen LogP contribution in [0.5, 0.6) is 0 Å². The van der Waals surface area contributed by atoms with Gasteiger partial charge in [0.2, 0.25) is 5.91 Å². The molecule has 8 heteroatoms. The molecule has 2 N–H and O–H groups in total. The second-order valence-electron chi connectivity index (χ2n) is 5.97. The van der Waals surface area contributed by atoms with E-state index in [1.54, 1.807) is 10.9 Å². The van der Waals surface area contributed by atoms with Crippen LogP contribution in [-0.2, 0) is 11.8 Å². The third kappa shape index (κ3) is 5.22. The molecule has 1 aromatic heterocycles. The lowest BCUT2D eigenvalue weighted by Gasteiger charge is -2.20. The van der Waals surface area contributed by atoms with Crippen molar-refractivity contribution in [2.75, 3.05) is 19.6 Å². The maximum atomic E-state index is 11.9. The summed E-state index contributed by atoms with van der Waals surface area (Å²) in [5.41, 5.74) is 0. The summed E-state index contributed by atoms with van der Waals surface area (Å²) in [5.74, 6) is 0.943. The maximum absolute atomic E-state index is 11.9. The zero-order valence-corrected chi connectivity index (χ0v) is 13.9. The van der Waals surface area contributed by atoms with Gasteiger partial charge in [0.05, 0.1) is 6.04 Å². The van der Waals surface area contributed by atoms with Gasteiger partial charge < -0.3 is 20.1 Å². The van der Waals surface area contributed by atoms with Crippen molar-refractivity contribution in [2.45, 2.75) is 45.1 Å². The van der Waals surface area contributed by atoms with Gasteiger partial charge in [0.25, 0.3) is 0 Å². The molecule has 0 aliphatic carbocycles. The predicted molar refractivity (Wildman–Crippen MR) is 85.6 cm³/mol. The molecule has 2 heterocycles. The standard InChI is InChI=1S/C15H26N6O2/c1-12(14-19-17-11-20(14)2)18-15(23)16-8-6-10-21-9-5-3-4-7-13(21)22/h11-12H,3-10H2,1-2H3,(H2,16,18,23)/t12-/m1/s1. The number of nitrogens with one attached hydrogen (secondary N) is 2. The fourth-order valence-corrected chi connectivity index (χ4v) is 2.74. The molecular formula is C15H26N6O2. The van der Waals surface area contributed by atoms with E-state index in [0.717, 1.165) is 32.2 Å². The number of carbonyl (C=O) groups is 2. The van der Waals surface area contributed by atoms with E-state index in [1.807, 2.05) is 18.9 Å². The van der Waals surface area contributed by atoms with Crippen LogP contribution in [0.25, 0.3) is 0 Å². The van der Waals surface area contributed by atoms with Gasteiger partial charge in [-0.05, 0) is 26.2 Å². The van der Waals surface area contributed by atoms with Crippen molar-refractivity contribution in [3.8, 4) is 0 Å². The van der Waals surface area contributed by atoms with E-state index in [9.17, 15) is 9.59 Å². The molecule has 0 radical (unpaired) electrons. The number of amides is 3. The topological polar surface area (TPSA) is 92.2 Å². The minimum absolute atomic E-state index is 0.213. The van der Waals surface area contributed by atoms with E-state index in [2.05, 4.69) is 20.8 Å². The molecule has 0 bridgehead atoms. The van der Waals surface area contributed by atoms with Gasteiger partial charge in [-0.1, -0.05) is 6.42 Å². The lowest BCUT2D eigenvalue weighted by Crippen LogP contribution is -2.39. The minimum Gasteiger partial charge on any atom is -0.343 e. The zero-order valence-electron chi connectivity index (χ0n) is 13.9. The molecule has 0 spiro atoms. The Bertz CT molecular complexity index is 530. The quantitative estimate of drug-likeness (QED) is 0.763. The average Bonchev–Trinajstić information content (AvgIpc) is 2.84. The Labute approximate surface area is 136 Å². The second kappa shape index (κ2) is 8.50. The third-order valence-corrected chi connectivity index (χ3v) is 4.04. The molecule has 3 amide bonds. The van der Waals surface area contributed by atoms with Crippen molar-refractivity contribution < 1.29 is 9.59 Å². The predicted octanol–water partition coefficient (Wildman–Crippen LogP) is 0.968. The summed E-state index contributed by atoms with van der Waals surface area (Å²) in [6.07, 6.45) is 6.22. The van der Waals surface area contributed by atoms with E-state index < -0.39 is 0 Å². The van der Waals surface area contributed by atoms with Crippen LogP contribution < -0.4 is 10.6 Å². The third-order valence-electron chi connectivity index (χ3n) is 4.04. The van der Waals surface area contributed by atoms with Crippen LogP contribution in [0.15, 0.2) is 6.33 Å². The highest BCUT2D eigenvalue weighted by Gasteiger charge is 2.16. The van der Waals surface area contributed by atoms with Crippen LogP contribution >= 0.6 is 0 Å². The van der Waals surface area contributed by atoms with Crippen LogP contribution in [0.2, 0.25) is 0 Å². The van der Waals surface area contributed by atoms with Gasteiger partial charge in [0, 0.05) is 33.1 Å². The smallest absolute Gasteiger partial charge is 0.315 e. The van der Waals surface area contributed by atoms with E-state index in [1.165, 1.54) is 0 Å². The Morgan fingerprint density at radius 3 is 2.96 bits per heavy atom. The molecule has 8 nitrogen and oxygen atoms in total. The van der Waals surface area contributed by atoms with Gasteiger partial charge in [0.15, 0.2) is 5.82 Å². The maximum Gasteiger partial charge on any atom is 0.315 e. The van der Waals surface area contributed by atoms with Gasteiger partial charge >= 0.3 is 6.03 Å². The van der Waals surface area contributed by atoms with Crippen molar-refractivity contribution >= 4 is 11.9 Å². The normalized spacial score (nSPS) is 16.8. The summed E-state index contributed by atoms with van der Waals surface area (Å²) < 4.78 is 1.77. The highest BCUT2D eigenvalue weighted by Crippen LogP contribution is 2.11. The highest BCUT2D eigenvalue weighted by atomic mass is 16.2. The minimum atomic E-state index is -0.234. The molecule has 128 valence electrons. The summed E-state index contributed by atoms with van der Waals surface area (Å²) in [5, 5.41) is 13.4. The van der Waals surface area contributed by atoms with Gasteiger partial charge in [-0.2, -0.15) is 0 Å². The Hall–Kier alpha value is -2.12. The molecule has 2 rings (SSSR count). The summed E-state index contributed by atoms with van der Waals surface area (Å²) in [7, 11) is 1.84. The van der Waals surface area contributed by atoms with Crippen molar-refractivity contribution in [1.82, 2.24) is 30.3 Å².